The fourth-order valence-corrected chi connectivity index (χ4v) is 47.0. The molecule has 0 aromatic heterocycles. The largest absolute Gasteiger partial charge is 0.473 e. The molecule has 0 fully saturated rings. The van der Waals surface area contributed by atoms with Crippen molar-refractivity contribution in [2.75, 3.05) is 0 Å². The fraction of sp³-hybridized carbons (Fsp3) is 0.771. The highest BCUT2D eigenvalue weighted by atomic mass is 28.6. The molecule has 0 aromatic rings. The first-order valence-electron chi connectivity index (χ1n) is 18.9. The Bertz CT molecular complexity index is 1190. The van der Waals surface area contributed by atoms with Crippen LogP contribution in [0.5, 0.6) is 0 Å². The lowest BCUT2D eigenvalue weighted by atomic mass is 10.8. The SMILES string of the molecule is C#CC[Si](CC)(CC)O[Si](C)(C)O[Si](C)(O[Si](CC)(CC)CC#C)O[Si](CC)(O[Si](CC)(CC)CC#C)O[Si](C)(C)O[Si](CC)(CC)CC#C. The molecule has 0 bridgehead atoms. The third-order valence-corrected chi connectivity index (χ3v) is 47.7. The monoisotopic (exact) mass is 828 g/mol. The van der Waals surface area contributed by atoms with Gasteiger partial charge in [0.1, 0.15) is 0 Å². The maximum absolute atomic E-state index is 7.52. The Hall–Kier alpha value is -0.305. The van der Waals surface area contributed by atoms with Crippen LogP contribution in [0.25, 0.3) is 0 Å². The van der Waals surface area contributed by atoms with Gasteiger partial charge in [-0.05, 0) is 74.5 Å². The standard InChI is InChI=1S/C35H72O7Si8/c1-19-32-46(23-5,24-6)37-43(14,15)36-45(18,40-48(27-9,28-10)34-21-3)41-50(31-13,42-49(29-11,30-12)35-22-4)39-44(16,17)38-47(25-7,26-8)33-20-2/h1-4H,23-35H2,5-18H3. The Morgan fingerprint density at radius 1 is 0.340 bits per heavy atom. The molecule has 0 spiro atoms. The van der Waals surface area contributed by atoms with E-state index in [0.717, 1.165) is 48.4 Å². The zero-order valence-electron chi connectivity index (χ0n) is 34.4. The molecule has 0 saturated carbocycles. The Labute approximate surface area is 318 Å². The van der Waals surface area contributed by atoms with Gasteiger partial charge in [0.15, 0.2) is 33.3 Å². The van der Waals surface area contributed by atoms with Crippen molar-refractivity contribution in [1.82, 2.24) is 0 Å². The lowest BCUT2D eigenvalue weighted by Gasteiger charge is -2.49. The molecule has 50 heavy (non-hydrogen) atoms. The van der Waals surface area contributed by atoms with Gasteiger partial charge >= 0.3 is 34.7 Å². The molecule has 0 amide bonds. The first kappa shape index (κ1) is 49.7. The van der Waals surface area contributed by atoms with Crippen LogP contribution in [0.15, 0.2) is 0 Å². The first-order chi connectivity index (χ1) is 23.2. The molecule has 7 nitrogen and oxygen atoms in total. The van der Waals surface area contributed by atoms with Crippen LogP contribution >= 0.6 is 0 Å². The molecule has 286 valence electrons. The predicted octanol–water partition coefficient (Wildman–Crippen LogP) is 10.5. The minimum absolute atomic E-state index is 0.508. The topological polar surface area (TPSA) is 64.6 Å². The highest BCUT2D eigenvalue weighted by Gasteiger charge is 2.60. The van der Waals surface area contributed by atoms with Crippen molar-refractivity contribution in [1.29, 1.82) is 0 Å². The summed E-state index contributed by atoms with van der Waals surface area (Å²) in [4.78, 5) is 0. The number of hydrogen-bond acceptors (Lipinski definition) is 7. The Morgan fingerprint density at radius 3 is 0.900 bits per heavy atom. The summed E-state index contributed by atoms with van der Waals surface area (Å²) >= 11 is 0. The summed E-state index contributed by atoms with van der Waals surface area (Å²) in [5.74, 6) is 11.7. The van der Waals surface area contributed by atoms with E-state index in [4.69, 9.17) is 54.5 Å². The summed E-state index contributed by atoms with van der Waals surface area (Å²) < 4.78 is 51.2. The molecule has 2 unspecified atom stereocenters. The smallest absolute Gasteiger partial charge is 0.435 e. The van der Waals surface area contributed by atoms with Crippen molar-refractivity contribution >= 4 is 68.0 Å². The number of terminal acetylenes is 4. The van der Waals surface area contributed by atoms with Gasteiger partial charge in [-0.2, -0.15) is 0 Å². The second kappa shape index (κ2) is 21.6. The normalized spacial score (nSPS) is 15.6. The molecule has 0 rings (SSSR count). The van der Waals surface area contributed by atoms with Gasteiger partial charge in [-0.3, -0.25) is 0 Å². The highest BCUT2D eigenvalue weighted by molar-refractivity contribution is 6.95. The predicted molar refractivity (Wildman–Crippen MR) is 232 cm³/mol. The quantitative estimate of drug-likeness (QED) is 0.0604. The zero-order chi connectivity index (χ0) is 39.0. The summed E-state index contributed by atoms with van der Waals surface area (Å²) in [6, 6.07) is 9.77. The van der Waals surface area contributed by atoms with E-state index in [0.29, 0.717) is 30.2 Å². The molecule has 0 aromatic carbocycles. The maximum atomic E-state index is 7.52. The third kappa shape index (κ3) is 14.5. The van der Waals surface area contributed by atoms with E-state index in [1.807, 2.05) is 6.55 Å². The molecule has 0 N–H and O–H groups in total. The Balaban J connectivity index is 7.71. The van der Waals surface area contributed by atoms with Gasteiger partial charge in [-0.1, -0.05) is 62.3 Å². The summed E-state index contributed by atoms with van der Waals surface area (Å²) in [5, 5.41) is 0. The van der Waals surface area contributed by atoms with E-state index in [9.17, 15) is 0 Å². The number of rotatable bonds is 27. The lowest BCUT2D eigenvalue weighted by molar-refractivity contribution is 0.158. The van der Waals surface area contributed by atoms with Crippen LogP contribution in [0.4, 0.5) is 0 Å². The van der Waals surface area contributed by atoms with E-state index < -0.39 is 68.0 Å². The summed E-state index contributed by atoms with van der Waals surface area (Å²) in [6.07, 6.45) is 23.8. The van der Waals surface area contributed by atoms with Gasteiger partial charge in [-0.25, -0.2) is 0 Å². The average Bonchev–Trinajstić information content (AvgIpc) is 3.06. The molecule has 0 aliphatic carbocycles. The summed E-state index contributed by atoms with van der Waals surface area (Å²) in [7, 11) is -22.7. The minimum Gasteiger partial charge on any atom is -0.435 e. The van der Waals surface area contributed by atoms with Gasteiger partial charge in [0, 0.05) is 36.8 Å². The zero-order valence-corrected chi connectivity index (χ0v) is 42.4. The van der Waals surface area contributed by atoms with Crippen molar-refractivity contribution in [2.24, 2.45) is 0 Å². The maximum Gasteiger partial charge on any atom is 0.473 e. The van der Waals surface area contributed by atoms with E-state index in [1.54, 1.807) is 0 Å². The minimum atomic E-state index is -3.64. The molecular weight excluding hydrogens is 757 g/mol. The van der Waals surface area contributed by atoms with E-state index >= 15 is 0 Å². The van der Waals surface area contributed by atoms with Crippen molar-refractivity contribution in [3.05, 3.63) is 0 Å². The van der Waals surface area contributed by atoms with Crippen molar-refractivity contribution in [3.63, 3.8) is 0 Å². The van der Waals surface area contributed by atoms with Gasteiger partial charge in [0.05, 0.1) is 0 Å². The summed E-state index contributed by atoms with van der Waals surface area (Å²) in [5.41, 5.74) is 0. The van der Waals surface area contributed by atoms with Crippen molar-refractivity contribution in [2.45, 2.75) is 174 Å². The van der Waals surface area contributed by atoms with Gasteiger partial charge < -0.3 is 28.8 Å². The molecular formula is C35H72O7Si8. The highest BCUT2D eigenvalue weighted by Crippen LogP contribution is 2.39. The molecule has 15 heteroatoms. The molecule has 0 aliphatic heterocycles. The lowest BCUT2D eigenvalue weighted by Crippen LogP contribution is -2.69. The first-order valence-corrected chi connectivity index (χ1v) is 38.8. The summed E-state index contributed by atoms with van der Waals surface area (Å²) in [6.45, 7) is 29.8. The number of hydrogen-bond donors (Lipinski definition) is 0. The third-order valence-electron chi connectivity index (χ3n) is 10.2. The van der Waals surface area contributed by atoms with Crippen LogP contribution in [0.3, 0.4) is 0 Å². The van der Waals surface area contributed by atoms with Crippen molar-refractivity contribution < 1.29 is 28.8 Å². The average molecular weight is 830 g/mol. The van der Waals surface area contributed by atoms with Crippen LogP contribution < -0.4 is 0 Å². The van der Waals surface area contributed by atoms with Crippen LogP contribution in [0.1, 0.15) is 62.3 Å². The van der Waals surface area contributed by atoms with Gasteiger partial charge in [0.25, 0.3) is 0 Å². The van der Waals surface area contributed by atoms with Crippen LogP contribution in [0, 0.1) is 49.4 Å². The van der Waals surface area contributed by atoms with Gasteiger partial charge in [-0.15, -0.1) is 49.4 Å². The van der Waals surface area contributed by atoms with E-state index in [1.165, 1.54) is 0 Å². The Kier molecular flexibility index (Phi) is 21.4. The van der Waals surface area contributed by atoms with E-state index in [-0.39, 0.29) is 0 Å². The molecule has 0 heterocycles. The van der Waals surface area contributed by atoms with Crippen molar-refractivity contribution in [3.8, 4) is 49.4 Å². The fourth-order valence-electron chi connectivity index (χ4n) is 6.72. The molecule has 2 atom stereocenters. The Morgan fingerprint density at radius 2 is 0.620 bits per heavy atom. The van der Waals surface area contributed by atoms with Gasteiger partial charge in [0.2, 0.25) is 0 Å². The van der Waals surface area contributed by atoms with E-state index in [2.05, 4.69) is 112 Å². The molecule has 0 radical (unpaired) electrons. The second-order valence-corrected chi connectivity index (χ2v) is 46.1. The second-order valence-electron chi connectivity index (χ2n) is 14.5. The van der Waals surface area contributed by atoms with Crippen LogP contribution in [0.2, 0.25) is 111 Å². The molecule has 0 aliphatic rings. The molecule has 0 saturated heterocycles. The van der Waals surface area contributed by atoms with Crippen LogP contribution in [-0.2, 0) is 28.8 Å². The van der Waals surface area contributed by atoms with Crippen LogP contribution in [-0.4, -0.2) is 68.0 Å².